The number of sulfonamides is 1. The fraction of sp³-hybridized carbons (Fsp3) is 0.490. The Morgan fingerprint density at radius 1 is 1.01 bits per heavy atom. The standard InChI is InChI=1S/C51H62FN7O9S/c1-5-67-48-45(27-38-40(52)29-54-46(38)55-48)68-44-25-33(57-23-21-51(22-24-57)30-58(31-51)42-12-8-10-36(42)35-9-6-7-11-39(35)49(2,3)61)13-15-37(44)47(60)56-69(65,66)34-14-16-41(43(26-34)59(63)64)53-28-32-17-19-50(4,62)20-18-32/h6-7,9,11,13-16,25-27,29,32,36,42,53,61-62H,5,8,10,12,17-24,28,30-31H2,1-4H3,(H,54,55)(H,56,60)/t32-,36-,42-,50-/m0/s1. The molecule has 4 aliphatic rings. The van der Waals surface area contributed by atoms with Crippen LogP contribution < -0.4 is 24.4 Å². The number of carbonyl (C=O) groups excluding carboxylic acids is 1. The number of nitro groups is 1. The summed E-state index contributed by atoms with van der Waals surface area (Å²) in [6, 6.07) is 18.4. The molecule has 5 aromatic rings. The number of carbonyl (C=O) groups is 1. The van der Waals surface area contributed by atoms with Gasteiger partial charge in [-0.25, -0.2) is 17.5 Å². The zero-order valence-corrected chi connectivity index (χ0v) is 40.4. The summed E-state index contributed by atoms with van der Waals surface area (Å²) >= 11 is 0. The van der Waals surface area contributed by atoms with Gasteiger partial charge in [0.25, 0.3) is 27.5 Å². The molecule has 18 heteroatoms. The average Bonchev–Trinajstić information content (AvgIpc) is 3.93. The van der Waals surface area contributed by atoms with Gasteiger partial charge in [-0.15, -0.1) is 0 Å². The predicted molar refractivity (Wildman–Crippen MR) is 260 cm³/mol. The largest absolute Gasteiger partial charge is 0.475 e. The Hall–Kier alpha value is -5.82. The highest BCUT2D eigenvalue weighted by Gasteiger charge is 2.50. The van der Waals surface area contributed by atoms with Gasteiger partial charge in [-0.2, -0.15) is 4.98 Å². The Morgan fingerprint density at radius 3 is 2.46 bits per heavy atom. The van der Waals surface area contributed by atoms with Crippen molar-refractivity contribution >= 4 is 44.0 Å². The number of pyridine rings is 1. The van der Waals surface area contributed by atoms with Gasteiger partial charge < -0.3 is 34.9 Å². The third kappa shape index (κ3) is 10.1. The van der Waals surface area contributed by atoms with Crippen LogP contribution in [0.25, 0.3) is 11.0 Å². The lowest BCUT2D eigenvalue weighted by Crippen LogP contribution is -2.63. The molecule has 2 atom stereocenters. The van der Waals surface area contributed by atoms with Gasteiger partial charge in [-0.3, -0.25) is 19.8 Å². The summed E-state index contributed by atoms with van der Waals surface area (Å²) in [5.41, 5.74) is 1.18. The molecular weight excluding hydrogens is 906 g/mol. The molecule has 2 aliphatic carbocycles. The minimum Gasteiger partial charge on any atom is -0.475 e. The van der Waals surface area contributed by atoms with Gasteiger partial charge in [0.1, 0.15) is 22.9 Å². The number of fused-ring (bicyclic) bond motifs is 1. The Bertz CT molecular complexity index is 2840. The summed E-state index contributed by atoms with van der Waals surface area (Å²) in [5, 5.41) is 36.8. The lowest BCUT2D eigenvalue weighted by atomic mass is 9.70. The van der Waals surface area contributed by atoms with Crippen LogP contribution in [0.5, 0.6) is 17.4 Å². The molecule has 5 N–H and O–H groups in total. The quantitative estimate of drug-likeness (QED) is 0.0491. The number of amides is 1. The number of H-pyrrole nitrogens is 1. The second kappa shape index (κ2) is 18.8. The van der Waals surface area contributed by atoms with E-state index < -0.39 is 48.5 Å². The van der Waals surface area contributed by atoms with E-state index in [9.17, 15) is 37.9 Å². The molecule has 2 aromatic heterocycles. The van der Waals surface area contributed by atoms with E-state index in [1.807, 2.05) is 26.0 Å². The maximum Gasteiger partial charge on any atom is 0.293 e. The Balaban J connectivity index is 0.934. The molecule has 1 spiro atoms. The highest BCUT2D eigenvalue weighted by atomic mass is 32.2. The number of hydrogen-bond acceptors (Lipinski definition) is 13. The summed E-state index contributed by atoms with van der Waals surface area (Å²) in [7, 11) is -4.67. The van der Waals surface area contributed by atoms with Crippen molar-refractivity contribution in [3.63, 3.8) is 0 Å². The highest BCUT2D eigenvalue weighted by molar-refractivity contribution is 7.90. The first-order chi connectivity index (χ1) is 32.8. The monoisotopic (exact) mass is 967 g/mol. The number of nitrogens with one attached hydrogen (secondary N) is 3. The number of rotatable bonds is 15. The molecule has 3 aromatic carbocycles. The number of anilines is 2. The van der Waals surface area contributed by atoms with E-state index in [-0.39, 0.29) is 57.6 Å². The number of hydrogen-bond donors (Lipinski definition) is 5. The molecule has 4 fully saturated rings. The third-order valence-electron chi connectivity index (χ3n) is 15.0. The molecule has 1 amide bonds. The van der Waals surface area contributed by atoms with E-state index in [1.165, 1.54) is 29.8 Å². The number of benzene rings is 3. The fourth-order valence-corrected chi connectivity index (χ4v) is 12.1. The molecule has 368 valence electrons. The normalized spacial score (nSPS) is 22.9. The number of halogens is 1. The molecule has 0 unspecified atom stereocenters. The number of aromatic nitrogens is 2. The minimum absolute atomic E-state index is 0.00299. The van der Waals surface area contributed by atoms with Crippen LogP contribution in [0.2, 0.25) is 0 Å². The second-order valence-corrected chi connectivity index (χ2v) is 22.1. The molecule has 2 saturated heterocycles. The highest BCUT2D eigenvalue weighted by Crippen LogP contribution is 2.49. The zero-order chi connectivity index (χ0) is 48.9. The minimum atomic E-state index is -4.67. The van der Waals surface area contributed by atoms with E-state index in [0.29, 0.717) is 31.3 Å². The van der Waals surface area contributed by atoms with Crippen LogP contribution >= 0.6 is 0 Å². The number of nitrogens with zero attached hydrogens (tertiary/aromatic N) is 4. The molecular formula is C51H62FN7O9S. The van der Waals surface area contributed by atoms with Crippen molar-refractivity contribution in [2.75, 3.05) is 49.5 Å². The smallest absolute Gasteiger partial charge is 0.293 e. The van der Waals surface area contributed by atoms with E-state index in [0.717, 1.165) is 94.6 Å². The van der Waals surface area contributed by atoms with Gasteiger partial charge >= 0.3 is 0 Å². The number of aliphatic hydroxyl groups is 2. The number of piperidine rings is 1. The van der Waals surface area contributed by atoms with Crippen molar-refractivity contribution in [1.82, 2.24) is 19.6 Å². The SMILES string of the molecule is CCOc1nc2[nH]cc(F)c2cc1Oc1cc(N2CCC3(CC2)CN([C@H]2CCC[C@H]2c2ccccc2C(C)(C)O)C3)ccc1C(=O)NS(=O)(=O)c1ccc(NC[C@H]2CC[C@](C)(O)CC2)c([N+](=O)[O-])c1. The van der Waals surface area contributed by atoms with Crippen LogP contribution in [0.15, 0.2) is 77.8 Å². The lowest BCUT2D eigenvalue weighted by Gasteiger charge is -2.57. The summed E-state index contributed by atoms with van der Waals surface area (Å²) in [4.78, 5) is 37.2. The topological polar surface area (TPSA) is 212 Å². The summed E-state index contributed by atoms with van der Waals surface area (Å²) in [6.45, 7) is 11.3. The summed E-state index contributed by atoms with van der Waals surface area (Å²) in [5.74, 6) is -1.13. The van der Waals surface area contributed by atoms with Gasteiger partial charge in [0.05, 0.1) is 38.6 Å². The molecule has 4 heterocycles. The first kappa shape index (κ1) is 48.2. The van der Waals surface area contributed by atoms with Gasteiger partial charge in [-0.05, 0) is 132 Å². The molecule has 2 aliphatic heterocycles. The van der Waals surface area contributed by atoms with Crippen molar-refractivity contribution in [3.8, 4) is 17.4 Å². The number of likely N-dealkylation sites (tertiary alicyclic amines) is 1. The summed E-state index contributed by atoms with van der Waals surface area (Å²) < 4.78 is 56.9. The van der Waals surface area contributed by atoms with E-state index in [2.05, 4.69) is 41.9 Å². The van der Waals surface area contributed by atoms with Crippen LogP contribution in [0, 0.1) is 27.3 Å². The lowest BCUT2D eigenvalue weighted by molar-refractivity contribution is -0.384. The fourth-order valence-electron chi connectivity index (χ4n) is 11.1. The average molecular weight is 968 g/mol. The molecule has 2 saturated carbocycles. The maximum absolute atomic E-state index is 14.9. The third-order valence-corrected chi connectivity index (χ3v) is 16.3. The van der Waals surface area contributed by atoms with Gasteiger partial charge in [-0.1, -0.05) is 30.7 Å². The van der Waals surface area contributed by atoms with E-state index in [4.69, 9.17) is 9.47 Å². The van der Waals surface area contributed by atoms with Gasteiger partial charge in [0, 0.05) is 68.8 Å². The van der Waals surface area contributed by atoms with Crippen molar-refractivity contribution in [1.29, 1.82) is 0 Å². The first-order valence-electron chi connectivity index (χ1n) is 24.1. The molecule has 9 rings (SSSR count). The Labute approximate surface area is 401 Å². The Kier molecular flexibility index (Phi) is 13.2. The molecule has 0 radical (unpaired) electrons. The molecule has 0 bridgehead atoms. The Morgan fingerprint density at radius 2 is 1.75 bits per heavy atom. The number of nitro benzene ring substituents is 1. The van der Waals surface area contributed by atoms with Crippen molar-refractivity contribution in [3.05, 3.63) is 106 Å². The zero-order valence-electron chi connectivity index (χ0n) is 39.6. The van der Waals surface area contributed by atoms with Gasteiger partial charge in [0.2, 0.25) is 0 Å². The van der Waals surface area contributed by atoms with Crippen LogP contribution in [-0.2, 0) is 15.6 Å². The number of aromatic amines is 1. The van der Waals surface area contributed by atoms with Crippen molar-refractivity contribution in [2.45, 2.75) is 114 Å². The predicted octanol–water partition coefficient (Wildman–Crippen LogP) is 8.74. The second-order valence-electron chi connectivity index (χ2n) is 20.4. The van der Waals surface area contributed by atoms with Crippen molar-refractivity contribution < 1.29 is 42.2 Å². The maximum atomic E-state index is 14.9. The van der Waals surface area contributed by atoms with E-state index in [1.54, 1.807) is 26.0 Å². The van der Waals surface area contributed by atoms with Crippen LogP contribution in [0.1, 0.15) is 113 Å². The van der Waals surface area contributed by atoms with Gasteiger partial charge in [0.15, 0.2) is 5.75 Å². The van der Waals surface area contributed by atoms with Crippen molar-refractivity contribution in [2.24, 2.45) is 11.3 Å². The van der Waals surface area contributed by atoms with Crippen LogP contribution in [-0.4, -0.2) is 95.3 Å². The molecule has 69 heavy (non-hydrogen) atoms. The van der Waals surface area contributed by atoms with Crippen LogP contribution in [0.3, 0.4) is 0 Å². The first-order valence-corrected chi connectivity index (χ1v) is 25.6. The number of ether oxygens (including phenoxy) is 2. The van der Waals surface area contributed by atoms with E-state index >= 15 is 0 Å². The van der Waals surface area contributed by atoms with Crippen LogP contribution in [0.4, 0.5) is 21.5 Å². The molecule has 16 nitrogen and oxygen atoms in total. The summed E-state index contributed by atoms with van der Waals surface area (Å²) in [6.07, 6.45) is 9.09.